The lowest BCUT2D eigenvalue weighted by molar-refractivity contribution is -0.385. The van der Waals surface area contributed by atoms with Crippen molar-refractivity contribution in [2.24, 2.45) is 0 Å². The number of fused-ring (bicyclic) bond motifs is 1. The third kappa shape index (κ3) is 4.56. The molecule has 0 aliphatic carbocycles. The van der Waals surface area contributed by atoms with E-state index in [4.69, 9.17) is 24.7 Å². The number of rotatable bonds is 8. The number of amides is 1. The number of hydrogen-bond donors (Lipinski definition) is 1. The fourth-order valence-electron chi connectivity index (χ4n) is 4.42. The largest absolute Gasteiger partial charge is 0.493 e. The normalized spacial score (nSPS) is 13.3. The summed E-state index contributed by atoms with van der Waals surface area (Å²) in [6.07, 6.45) is 1.36. The summed E-state index contributed by atoms with van der Waals surface area (Å²) in [5, 5.41) is 11.7. The van der Waals surface area contributed by atoms with Gasteiger partial charge < -0.3 is 24.7 Å². The molecule has 12 nitrogen and oxygen atoms in total. The molecule has 12 heteroatoms. The number of ether oxygens (including phenoxy) is 4. The fourth-order valence-corrected chi connectivity index (χ4v) is 4.42. The topological polar surface area (TPSA) is 156 Å². The molecule has 4 rings (SSSR count). The number of pyridine rings is 1. The van der Waals surface area contributed by atoms with Gasteiger partial charge in [-0.25, -0.2) is 9.78 Å². The van der Waals surface area contributed by atoms with Crippen LogP contribution in [0, 0.1) is 17.0 Å². The Morgan fingerprint density at radius 1 is 1.13 bits per heavy atom. The highest BCUT2D eigenvalue weighted by molar-refractivity contribution is 6.39. The van der Waals surface area contributed by atoms with Crippen LogP contribution >= 0.6 is 0 Å². The van der Waals surface area contributed by atoms with Crippen LogP contribution in [0.4, 0.5) is 22.9 Å². The molecule has 1 amide bonds. The quantitative estimate of drug-likeness (QED) is 0.191. The van der Waals surface area contributed by atoms with E-state index in [0.717, 1.165) is 0 Å². The molecule has 0 radical (unpaired) electrons. The molecule has 1 aliphatic heterocycles. The maximum absolute atomic E-state index is 14.0. The van der Waals surface area contributed by atoms with Gasteiger partial charge in [-0.3, -0.25) is 19.8 Å². The van der Waals surface area contributed by atoms with Gasteiger partial charge >= 0.3 is 5.97 Å². The number of benzene rings is 2. The minimum atomic E-state index is -0.702. The van der Waals surface area contributed by atoms with Gasteiger partial charge in [0.15, 0.2) is 17.3 Å². The number of esters is 1. The van der Waals surface area contributed by atoms with Crippen molar-refractivity contribution in [2.45, 2.75) is 13.8 Å². The Morgan fingerprint density at radius 3 is 2.33 bits per heavy atom. The predicted octanol–water partition coefficient (Wildman–Crippen LogP) is 4.30. The van der Waals surface area contributed by atoms with Crippen LogP contribution in [0.5, 0.6) is 17.2 Å². The van der Waals surface area contributed by atoms with Gasteiger partial charge in [-0.2, -0.15) is 0 Å². The number of nitro benzene ring substituents is 1. The number of nitrogens with two attached hydrogens (primary N) is 1. The van der Waals surface area contributed by atoms with E-state index in [9.17, 15) is 19.7 Å². The number of para-hydroxylation sites is 1. The lowest BCUT2D eigenvalue weighted by Gasteiger charge is -2.21. The monoisotopic (exact) mass is 534 g/mol. The highest BCUT2D eigenvalue weighted by atomic mass is 16.6. The van der Waals surface area contributed by atoms with Gasteiger partial charge in [-0.05, 0) is 26.0 Å². The molecule has 1 aromatic heterocycles. The number of nitrogens with zero attached hydrogens (tertiary/aromatic N) is 3. The van der Waals surface area contributed by atoms with E-state index in [1.54, 1.807) is 32.0 Å². The molecule has 0 bridgehead atoms. The van der Waals surface area contributed by atoms with E-state index >= 15 is 0 Å². The summed E-state index contributed by atoms with van der Waals surface area (Å²) in [6.45, 7) is 3.33. The molecule has 0 atom stereocenters. The number of anilines is 3. The third-order valence-corrected chi connectivity index (χ3v) is 6.13. The molecule has 2 heterocycles. The smallest absolute Gasteiger partial charge is 0.342 e. The fraction of sp³-hybridized carbons (Fsp3) is 0.222. The average Bonchev–Trinajstić information content (AvgIpc) is 3.18. The average molecular weight is 535 g/mol. The first-order valence-electron chi connectivity index (χ1n) is 11.8. The van der Waals surface area contributed by atoms with Gasteiger partial charge in [0.05, 0.1) is 66.6 Å². The maximum Gasteiger partial charge on any atom is 0.342 e. The van der Waals surface area contributed by atoms with E-state index in [1.807, 2.05) is 0 Å². The zero-order valence-electron chi connectivity index (χ0n) is 21.9. The van der Waals surface area contributed by atoms with Crippen LogP contribution in [0.15, 0.2) is 36.4 Å². The molecular weight excluding hydrogens is 508 g/mol. The molecule has 2 aromatic carbocycles. The summed E-state index contributed by atoms with van der Waals surface area (Å²) in [5.41, 5.74) is 7.11. The van der Waals surface area contributed by atoms with Crippen molar-refractivity contribution in [3.8, 4) is 17.2 Å². The zero-order chi connectivity index (χ0) is 28.4. The summed E-state index contributed by atoms with van der Waals surface area (Å²) in [4.78, 5) is 43.8. The molecule has 202 valence electrons. The number of aryl methyl sites for hydroxylation is 1. The van der Waals surface area contributed by atoms with Crippen LogP contribution in [0.2, 0.25) is 0 Å². The second-order valence-electron chi connectivity index (χ2n) is 8.30. The Morgan fingerprint density at radius 2 is 1.77 bits per heavy atom. The number of carbonyl (C=O) groups is 2. The van der Waals surface area contributed by atoms with Crippen molar-refractivity contribution in [1.29, 1.82) is 0 Å². The molecule has 1 aliphatic rings. The molecule has 0 fully saturated rings. The number of methoxy groups -OCH3 is 3. The number of aromatic nitrogens is 1. The van der Waals surface area contributed by atoms with Crippen LogP contribution < -0.4 is 24.8 Å². The van der Waals surface area contributed by atoms with Crippen molar-refractivity contribution in [2.75, 3.05) is 38.6 Å². The predicted molar refractivity (Wildman–Crippen MR) is 144 cm³/mol. The minimum Gasteiger partial charge on any atom is -0.493 e. The Hall–Kier alpha value is -5.13. The number of hydrogen-bond acceptors (Lipinski definition) is 10. The second kappa shape index (κ2) is 10.7. The minimum absolute atomic E-state index is 0.00333. The Bertz CT molecular complexity index is 1510. The van der Waals surface area contributed by atoms with E-state index < -0.39 is 16.8 Å². The van der Waals surface area contributed by atoms with Gasteiger partial charge in [0, 0.05) is 18.2 Å². The van der Waals surface area contributed by atoms with E-state index in [1.165, 1.54) is 50.5 Å². The van der Waals surface area contributed by atoms with Gasteiger partial charge in [0.25, 0.3) is 11.6 Å². The van der Waals surface area contributed by atoms with Crippen LogP contribution in [0.3, 0.4) is 0 Å². The van der Waals surface area contributed by atoms with E-state index in [2.05, 4.69) is 4.98 Å². The number of nitro groups is 1. The van der Waals surface area contributed by atoms with Crippen LogP contribution in [0.25, 0.3) is 11.6 Å². The molecule has 0 spiro atoms. The van der Waals surface area contributed by atoms with Crippen molar-refractivity contribution in [3.05, 3.63) is 68.9 Å². The van der Waals surface area contributed by atoms with Crippen LogP contribution in [-0.4, -0.2) is 49.7 Å². The van der Waals surface area contributed by atoms with Gasteiger partial charge in [-0.15, -0.1) is 0 Å². The molecule has 0 unspecified atom stereocenters. The SMILES string of the molecule is CCOC(=O)c1c(C)nc2c(c1N)/C(=C/c1ccccc1[N+](=O)[O-])C(=O)N2c1cc(OC)c(OC)c(OC)c1. The Labute approximate surface area is 223 Å². The summed E-state index contributed by atoms with van der Waals surface area (Å²) >= 11 is 0. The molecule has 3 aromatic rings. The summed E-state index contributed by atoms with van der Waals surface area (Å²) < 4.78 is 21.5. The van der Waals surface area contributed by atoms with E-state index in [-0.39, 0.29) is 63.3 Å². The molecule has 39 heavy (non-hydrogen) atoms. The standard InChI is InChI=1S/C27H26N4O8/c1-6-39-27(33)21-14(2)29-25-22(23(21)28)17(11-15-9-7-8-10-18(15)31(34)35)26(32)30(25)16-12-19(36-3)24(38-5)20(13-16)37-4/h7-13H,6H2,1-5H3,(H2,28,29)/b17-11-. The van der Waals surface area contributed by atoms with Gasteiger partial charge in [0.1, 0.15) is 5.56 Å². The van der Waals surface area contributed by atoms with Crippen LogP contribution in [-0.2, 0) is 9.53 Å². The van der Waals surface area contributed by atoms with Crippen molar-refractivity contribution in [3.63, 3.8) is 0 Å². The first-order valence-corrected chi connectivity index (χ1v) is 11.8. The highest BCUT2D eigenvalue weighted by Gasteiger charge is 2.40. The first kappa shape index (κ1) is 26.9. The maximum atomic E-state index is 14.0. The van der Waals surface area contributed by atoms with Gasteiger partial charge in [-0.1, -0.05) is 12.1 Å². The molecule has 0 saturated carbocycles. The Balaban J connectivity index is 2.05. The van der Waals surface area contributed by atoms with E-state index in [0.29, 0.717) is 11.4 Å². The third-order valence-electron chi connectivity index (χ3n) is 6.13. The summed E-state index contributed by atoms with van der Waals surface area (Å²) in [6, 6.07) is 9.07. The molecular formula is C27H26N4O8. The lowest BCUT2D eigenvalue weighted by Crippen LogP contribution is -2.22. The highest BCUT2D eigenvalue weighted by Crippen LogP contribution is 2.49. The first-order chi connectivity index (χ1) is 18.7. The van der Waals surface area contributed by atoms with Crippen molar-refractivity contribution >= 4 is 46.4 Å². The summed E-state index contributed by atoms with van der Waals surface area (Å²) in [5.74, 6) is -0.284. The lowest BCUT2D eigenvalue weighted by atomic mass is 9.99. The van der Waals surface area contributed by atoms with Gasteiger partial charge in [0.2, 0.25) is 5.75 Å². The molecule has 2 N–H and O–H groups in total. The number of nitrogen functional groups attached to an aromatic ring is 1. The summed E-state index contributed by atoms with van der Waals surface area (Å²) in [7, 11) is 4.33. The second-order valence-corrected chi connectivity index (χ2v) is 8.30. The molecule has 0 saturated heterocycles. The zero-order valence-corrected chi connectivity index (χ0v) is 21.9. The Kier molecular flexibility index (Phi) is 7.38. The van der Waals surface area contributed by atoms with Crippen molar-refractivity contribution < 1.29 is 33.5 Å². The van der Waals surface area contributed by atoms with Crippen molar-refractivity contribution in [1.82, 2.24) is 4.98 Å². The number of carbonyl (C=O) groups excluding carboxylic acids is 2. The van der Waals surface area contributed by atoms with Crippen LogP contribution in [0.1, 0.15) is 34.1 Å².